The molecular formula is C21H38O3Si. The first-order chi connectivity index (χ1) is 11.4. The van der Waals surface area contributed by atoms with E-state index in [9.17, 15) is 4.79 Å². The van der Waals surface area contributed by atoms with Crippen molar-refractivity contribution >= 4 is 14.3 Å². The SMILES string of the molecule is C/C=C\C(C)=C\[C@H](C)[C@H](C/C=C(/C)C(=O)OC)O[Si](C)(C)C(C)(C)C. The molecule has 2 atom stereocenters. The Bertz CT molecular complexity index is 522. The molecule has 0 heterocycles. The Balaban J connectivity index is 5.51. The molecule has 0 unspecified atom stereocenters. The molecule has 3 nitrogen and oxygen atoms in total. The van der Waals surface area contributed by atoms with Gasteiger partial charge in [-0.3, -0.25) is 0 Å². The predicted molar refractivity (Wildman–Crippen MR) is 110 cm³/mol. The highest BCUT2D eigenvalue weighted by atomic mass is 28.4. The summed E-state index contributed by atoms with van der Waals surface area (Å²) in [5, 5.41) is 0.147. The molecule has 0 fully saturated rings. The number of hydrogen-bond donors (Lipinski definition) is 0. The van der Waals surface area contributed by atoms with Gasteiger partial charge in [0, 0.05) is 5.57 Å². The van der Waals surface area contributed by atoms with Crippen LogP contribution >= 0.6 is 0 Å². The fourth-order valence-electron chi connectivity index (χ4n) is 2.30. The Kier molecular flexibility index (Phi) is 9.66. The lowest BCUT2D eigenvalue weighted by Crippen LogP contribution is -2.45. The van der Waals surface area contributed by atoms with E-state index in [-0.39, 0.29) is 23.0 Å². The third kappa shape index (κ3) is 8.19. The third-order valence-electron chi connectivity index (χ3n) is 4.96. The molecule has 0 bridgehead atoms. The summed E-state index contributed by atoms with van der Waals surface area (Å²) in [6, 6.07) is 0. The van der Waals surface area contributed by atoms with Gasteiger partial charge < -0.3 is 9.16 Å². The molecule has 0 radical (unpaired) electrons. The molecule has 4 heteroatoms. The van der Waals surface area contributed by atoms with Crippen molar-refractivity contribution in [2.75, 3.05) is 7.11 Å². The standard InChI is InChI=1S/C21H38O3Si/c1-11-12-16(2)15-18(4)19(14-13-17(3)20(22)23-8)24-25(9,10)21(5,6)7/h11-13,15,18-19H,14H2,1-10H3/b12-11-,16-15+,17-13-/t18-,19-/m0/s1. The molecule has 144 valence electrons. The summed E-state index contributed by atoms with van der Waals surface area (Å²) in [7, 11) is -0.489. The van der Waals surface area contributed by atoms with E-state index >= 15 is 0 Å². The fraction of sp³-hybridized carbons (Fsp3) is 0.667. The van der Waals surface area contributed by atoms with Gasteiger partial charge in [0.1, 0.15) is 0 Å². The topological polar surface area (TPSA) is 35.5 Å². The number of allylic oxidation sites excluding steroid dienone is 3. The van der Waals surface area contributed by atoms with Gasteiger partial charge in [0.05, 0.1) is 13.2 Å². The number of hydrogen-bond acceptors (Lipinski definition) is 3. The second-order valence-corrected chi connectivity index (χ2v) is 13.1. The molecule has 0 aliphatic heterocycles. The normalized spacial score (nSPS) is 16.9. The Morgan fingerprint density at radius 2 is 1.76 bits per heavy atom. The maximum atomic E-state index is 11.7. The van der Waals surface area contributed by atoms with Gasteiger partial charge in [-0.1, -0.05) is 57.6 Å². The third-order valence-corrected chi connectivity index (χ3v) is 9.46. The van der Waals surface area contributed by atoms with E-state index in [1.807, 2.05) is 19.1 Å². The van der Waals surface area contributed by atoms with E-state index in [4.69, 9.17) is 9.16 Å². The molecule has 0 saturated carbocycles. The highest BCUT2D eigenvalue weighted by Gasteiger charge is 2.39. The van der Waals surface area contributed by atoms with Gasteiger partial charge in [-0.15, -0.1) is 0 Å². The molecule has 25 heavy (non-hydrogen) atoms. The molecule has 0 amide bonds. The van der Waals surface area contributed by atoms with Crippen molar-refractivity contribution in [2.24, 2.45) is 5.92 Å². The van der Waals surface area contributed by atoms with Gasteiger partial charge >= 0.3 is 5.97 Å². The second-order valence-electron chi connectivity index (χ2n) is 8.30. The summed E-state index contributed by atoms with van der Waals surface area (Å²) in [6.07, 6.45) is 9.09. The van der Waals surface area contributed by atoms with Gasteiger partial charge in [0.25, 0.3) is 0 Å². The van der Waals surface area contributed by atoms with Crippen molar-refractivity contribution < 1.29 is 14.0 Å². The van der Waals surface area contributed by atoms with E-state index in [0.717, 1.165) is 0 Å². The van der Waals surface area contributed by atoms with Crippen molar-refractivity contribution in [1.29, 1.82) is 0 Å². The minimum atomic E-state index is -1.90. The average molecular weight is 367 g/mol. The molecule has 0 aliphatic rings. The zero-order valence-electron chi connectivity index (χ0n) is 17.9. The number of carbonyl (C=O) groups is 1. The quantitative estimate of drug-likeness (QED) is 0.227. The highest BCUT2D eigenvalue weighted by molar-refractivity contribution is 6.74. The van der Waals surface area contributed by atoms with Gasteiger partial charge in [-0.05, 0) is 51.2 Å². The van der Waals surface area contributed by atoms with Crippen LogP contribution in [0.15, 0.2) is 35.5 Å². The van der Waals surface area contributed by atoms with Crippen LogP contribution in [0.5, 0.6) is 0 Å². The summed E-state index contributed by atoms with van der Waals surface area (Å²) < 4.78 is 11.5. The first-order valence-corrected chi connectivity index (χ1v) is 12.0. The van der Waals surface area contributed by atoms with Crippen LogP contribution in [-0.2, 0) is 14.0 Å². The molecule has 0 N–H and O–H groups in total. The van der Waals surface area contributed by atoms with Gasteiger partial charge in [-0.25, -0.2) is 4.79 Å². The first-order valence-electron chi connectivity index (χ1n) is 9.09. The van der Waals surface area contributed by atoms with Crippen LogP contribution in [-0.4, -0.2) is 27.5 Å². The number of carbonyl (C=O) groups excluding carboxylic acids is 1. The lowest BCUT2D eigenvalue weighted by Gasteiger charge is -2.40. The lowest BCUT2D eigenvalue weighted by molar-refractivity contribution is -0.136. The fourth-order valence-corrected chi connectivity index (χ4v) is 3.72. The van der Waals surface area contributed by atoms with Crippen LogP contribution in [0.2, 0.25) is 18.1 Å². The number of rotatable bonds is 8. The van der Waals surface area contributed by atoms with Crippen LogP contribution in [0, 0.1) is 5.92 Å². The van der Waals surface area contributed by atoms with Crippen LogP contribution in [0.25, 0.3) is 0 Å². The Hall–Kier alpha value is -1.13. The molecule has 0 aromatic carbocycles. The molecule has 0 aromatic heterocycles. The van der Waals surface area contributed by atoms with Gasteiger partial charge in [0.15, 0.2) is 8.32 Å². The van der Waals surface area contributed by atoms with E-state index in [2.05, 4.69) is 59.9 Å². The Morgan fingerprint density at radius 1 is 1.20 bits per heavy atom. The van der Waals surface area contributed by atoms with Crippen molar-refractivity contribution in [1.82, 2.24) is 0 Å². The van der Waals surface area contributed by atoms with E-state index in [1.54, 1.807) is 6.92 Å². The summed E-state index contributed by atoms with van der Waals surface area (Å²) in [4.78, 5) is 11.7. The molecular weight excluding hydrogens is 328 g/mol. The summed E-state index contributed by atoms with van der Waals surface area (Å²) >= 11 is 0. The van der Waals surface area contributed by atoms with Gasteiger partial charge in [-0.2, -0.15) is 0 Å². The second kappa shape index (κ2) is 10.1. The predicted octanol–water partition coefficient (Wildman–Crippen LogP) is 6.04. The van der Waals surface area contributed by atoms with Crippen LogP contribution in [0.1, 0.15) is 54.9 Å². The number of methoxy groups -OCH3 is 1. The lowest BCUT2D eigenvalue weighted by atomic mass is 9.98. The largest absolute Gasteiger partial charge is 0.466 e. The van der Waals surface area contributed by atoms with Crippen molar-refractivity contribution in [2.45, 2.75) is 79.1 Å². The molecule has 0 saturated heterocycles. The van der Waals surface area contributed by atoms with Crippen LogP contribution in [0.3, 0.4) is 0 Å². The first kappa shape index (κ1) is 23.9. The zero-order valence-corrected chi connectivity index (χ0v) is 18.9. The number of esters is 1. The van der Waals surface area contributed by atoms with E-state index in [1.165, 1.54) is 12.7 Å². The Morgan fingerprint density at radius 3 is 2.20 bits per heavy atom. The summed E-state index contributed by atoms with van der Waals surface area (Å²) in [6.45, 7) is 19.4. The highest BCUT2D eigenvalue weighted by Crippen LogP contribution is 2.38. The van der Waals surface area contributed by atoms with Crippen LogP contribution in [0.4, 0.5) is 0 Å². The van der Waals surface area contributed by atoms with Crippen molar-refractivity contribution in [3.63, 3.8) is 0 Å². The smallest absolute Gasteiger partial charge is 0.333 e. The maximum Gasteiger partial charge on any atom is 0.333 e. The minimum absolute atomic E-state index is 0.0423. The van der Waals surface area contributed by atoms with Crippen molar-refractivity contribution in [3.05, 3.63) is 35.5 Å². The van der Waals surface area contributed by atoms with E-state index < -0.39 is 8.32 Å². The number of ether oxygens (including phenoxy) is 1. The maximum absolute atomic E-state index is 11.7. The zero-order chi connectivity index (χ0) is 19.8. The average Bonchev–Trinajstić information content (AvgIpc) is 2.48. The minimum Gasteiger partial charge on any atom is -0.466 e. The van der Waals surface area contributed by atoms with Gasteiger partial charge in [0.2, 0.25) is 0 Å². The van der Waals surface area contributed by atoms with Crippen molar-refractivity contribution in [3.8, 4) is 0 Å². The molecule has 0 spiro atoms. The summed E-state index contributed by atoms with van der Waals surface area (Å²) in [5.74, 6) is -0.0219. The Labute approximate surface area is 156 Å². The van der Waals surface area contributed by atoms with Crippen LogP contribution < -0.4 is 0 Å². The summed E-state index contributed by atoms with van der Waals surface area (Å²) in [5.41, 5.74) is 1.86. The monoisotopic (exact) mass is 366 g/mol. The van der Waals surface area contributed by atoms with E-state index in [0.29, 0.717) is 12.0 Å². The molecule has 0 rings (SSSR count). The molecule has 0 aromatic rings. The molecule has 0 aliphatic carbocycles.